The van der Waals surface area contributed by atoms with Crippen molar-refractivity contribution in [3.8, 4) is 0 Å². The normalized spacial score (nSPS) is 10.0. The smallest absolute Gasteiger partial charge is 0.306 e. The number of esters is 1. The van der Waals surface area contributed by atoms with Gasteiger partial charge in [0, 0.05) is 6.42 Å². The Bertz CT molecular complexity index is 159. The van der Waals surface area contributed by atoms with Crippen LogP contribution in [-0.2, 0) is 9.53 Å². The summed E-state index contributed by atoms with van der Waals surface area (Å²) in [7, 11) is 0. The van der Waals surface area contributed by atoms with Crippen LogP contribution in [0.4, 0.5) is 0 Å². The van der Waals surface area contributed by atoms with E-state index in [0.717, 1.165) is 12.0 Å². The monoisotopic (exact) mass is 170 g/mol. The van der Waals surface area contributed by atoms with Crippen molar-refractivity contribution >= 4 is 5.97 Å². The van der Waals surface area contributed by atoms with Gasteiger partial charge in [0.25, 0.3) is 0 Å². The van der Waals surface area contributed by atoms with E-state index in [4.69, 9.17) is 4.74 Å². The van der Waals surface area contributed by atoms with Gasteiger partial charge in [0.15, 0.2) is 0 Å². The number of hydrogen-bond donors (Lipinski definition) is 0. The van der Waals surface area contributed by atoms with E-state index in [-0.39, 0.29) is 5.97 Å². The summed E-state index contributed by atoms with van der Waals surface area (Å²) in [5.74, 6) is 0.332. The Morgan fingerprint density at radius 1 is 1.42 bits per heavy atom. The molecule has 12 heavy (non-hydrogen) atoms. The second kappa shape index (κ2) is 5.81. The van der Waals surface area contributed by atoms with E-state index < -0.39 is 0 Å². The fraction of sp³-hybridized carbons (Fsp3) is 0.700. The zero-order valence-electron chi connectivity index (χ0n) is 8.22. The number of carbonyl (C=O) groups is 1. The van der Waals surface area contributed by atoms with E-state index in [1.165, 1.54) is 0 Å². The molecule has 70 valence electrons. The minimum atomic E-state index is -0.126. The molecule has 0 aliphatic carbocycles. The zero-order chi connectivity index (χ0) is 9.56. The SMILES string of the molecule is C=C(CCC(=O)OCC)C(C)C. The summed E-state index contributed by atoms with van der Waals surface area (Å²) in [6, 6.07) is 0. The Morgan fingerprint density at radius 2 is 2.00 bits per heavy atom. The van der Waals surface area contributed by atoms with Crippen molar-refractivity contribution in [1.29, 1.82) is 0 Å². The summed E-state index contributed by atoms with van der Waals surface area (Å²) in [5, 5.41) is 0. The molecule has 0 spiro atoms. The Balaban J connectivity index is 3.54. The molecule has 2 nitrogen and oxygen atoms in total. The van der Waals surface area contributed by atoms with Gasteiger partial charge < -0.3 is 4.74 Å². The van der Waals surface area contributed by atoms with Crippen molar-refractivity contribution in [3.05, 3.63) is 12.2 Å². The third-order valence-electron chi connectivity index (χ3n) is 1.77. The maximum Gasteiger partial charge on any atom is 0.306 e. The fourth-order valence-corrected chi connectivity index (χ4v) is 0.784. The first-order valence-corrected chi connectivity index (χ1v) is 4.41. The van der Waals surface area contributed by atoms with Gasteiger partial charge in [-0.05, 0) is 19.3 Å². The van der Waals surface area contributed by atoms with Gasteiger partial charge in [0.05, 0.1) is 6.61 Å². The Kier molecular flexibility index (Phi) is 5.43. The summed E-state index contributed by atoms with van der Waals surface area (Å²) >= 11 is 0. The first-order chi connectivity index (χ1) is 5.57. The van der Waals surface area contributed by atoms with Crippen LogP contribution in [-0.4, -0.2) is 12.6 Å². The van der Waals surface area contributed by atoms with Gasteiger partial charge in [0.2, 0.25) is 0 Å². The van der Waals surface area contributed by atoms with Crippen molar-refractivity contribution < 1.29 is 9.53 Å². The Morgan fingerprint density at radius 3 is 2.42 bits per heavy atom. The molecule has 0 amide bonds. The largest absolute Gasteiger partial charge is 0.466 e. The van der Waals surface area contributed by atoms with Crippen molar-refractivity contribution in [1.82, 2.24) is 0 Å². The molecular formula is C10H18O2. The predicted octanol–water partition coefficient (Wildman–Crippen LogP) is 2.54. The van der Waals surface area contributed by atoms with Crippen molar-refractivity contribution in [2.24, 2.45) is 5.92 Å². The van der Waals surface area contributed by atoms with Crippen LogP contribution in [0.15, 0.2) is 12.2 Å². The van der Waals surface area contributed by atoms with Crippen LogP contribution >= 0.6 is 0 Å². The lowest BCUT2D eigenvalue weighted by Gasteiger charge is -2.07. The summed E-state index contributed by atoms with van der Waals surface area (Å²) in [6.07, 6.45) is 1.21. The molecule has 0 aliphatic heterocycles. The summed E-state index contributed by atoms with van der Waals surface area (Å²) < 4.78 is 4.79. The van der Waals surface area contributed by atoms with Gasteiger partial charge in [-0.15, -0.1) is 0 Å². The minimum Gasteiger partial charge on any atom is -0.466 e. The molecule has 0 aliphatic rings. The lowest BCUT2D eigenvalue weighted by molar-refractivity contribution is -0.143. The number of rotatable bonds is 5. The molecule has 0 radical (unpaired) electrons. The summed E-state index contributed by atoms with van der Waals surface area (Å²) in [5.41, 5.74) is 1.11. The van der Waals surface area contributed by atoms with Crippen LogP contribution in [0, 0.1) is 5.92 Å². The van der Waals surface area contributed by atoms with E-state index in [9.17, 15) is 4.79 Å². The summed E-state index contributed by atoms with van der Waals surface area (Å²) in [6.45, 7) is 10.3. The highest BCUT2D eigenvalue weighted by atomic mass is 16.5. The molecule has 0 aromatic rings. The molecule has 0 bridgehead atoms. The Labute approximate surface area is 74.6 Å². The summed E-state index contributed by atoms with van der Waals surface area (Å²) in [4.78, 5) is 10.9. The van der Waals surface area contributed by atoms with Crippen molar-refractivity contribution in [2.45, 2.75) is 33.6 Å². The van der Waals surface area contributed by atoms with Gasteiger partial charge in [-0.3, -0.25) is 4.79 Å². The van der Waals surface area contributed by atoms with Crippen LogP contribution in [0.3, 0.4) is 0 Å². The van der Waals surface area contributed by atoms with E-state index >= 15 is 0 Å². The van der Waals surface area contributed by atoms with Gasteiger partial charge in [-0.25, -0.2) is 0 Å². The molecule has 0 aromatic carbocycles. The van der Waals surface area contributed by atoms with Crippen LogP contribution in [0.25, 0.3) is 0 Å². The van der Waals surface area contributed by atoms with Crippen molar-refractivity contribution in [2.75, 3.05) is 6.61 Å². The zero-order valence-corrected chi connectivity index (χ0v) is 8.22. The van der Waals surface area contributed by atoms with Crippen LogP contribution in [0.5, 0.6) is 0 Å². The molecule has 0 unspecified atom stereocenters. The van der Waals surface area contributed by atoms with Crippen LogP contribution < -0.4 is 0 Å². The fourth-order valence-electron chi connectivity index (χ4n) is 0.784. The van der Waals surface area contributed by atoms with E-state index in [1.54, 1.807) is 0 Å². The molecule has 0 aromatic heterocycles. The van der Waals surface area contributed by atoms with Crippen LogP contribution in [0.1, 0.15) is 33.6 Å². The molecule has 0 atom stereocenters. The minimum absolute atomic E-state index is 0.126. The van der Waals surface area contributed by atoms with Gasteiger partial charge >= 0.3 is 5.97 Å². The van der Waals surface area contributed by atoms with E-state index in [1.807, 2.05) is 6.92 Å². The highest BCUT2D eigenvalue weighted by Crippen LogP contribution is 2.13. The molecule has 0 N–H and O–H groups in total. The molecule has 0 fully saturated rings. The third-order valence-corrected chi connectivity index (χ3v) is 1.77. The highest BCUT2D eigenvalue weighted by molar-refractivity contribution is 5.69. The van der Waals surface area contributed by atoms with Crippen LogP contribution in [0.2, 0.25) is 0 Å². The average Bonchev–Trinajstić information content (AvgIpc) is 2.00. The lowest BCUT2D eigenvalue weighted by atomic mass is 10.0. The topological polar surface area (TPSA) is 26.3 Å². The highest BCUT2D eigenvalue weighted by Gasteiger charge is 2.05. The second-order valence-corrected chi connectivity index (χ2v) is 3.12. The van der Waals surface area contributed by atoms with Gasteiger partial charge in [-0.1, -0.05) is 26.0 Å². The number of ether oxygens (including phenoxy) is 1. The molecule has 0 rings (SSSR count). The van der Waals surface area contributed by atoms with E-state index in [0.29, 0.717) is 18.9 Å². The maximum absolute atomic E-state index is 10.9. The first-order valence-electron chi connectivity index (χ1n) is 4.41. The quantitative estimate of drug-likeness (QED) is 0.468. The van der Waals surface area contributed by atoms with Gasteiger partial charge in [0.1, 0.15) is 0 Å². The van der Waals surface area contributed by atoms with E-state index in [2.05, 4.69) is 20.4 Å². The lowest BCUT2D eigenvalue weighted by Crippen LogP contribution is -2.05. The predicted molar refractivity (Wildman–Crippen MR) is 49.8 cm³/mol. The average molecular weight is 170 g/mol. The maximum atomic E-state index is 10.9. The second-order valence-electron chi connectivity index (χ2n) is 3.12. The Hall–Kier alpha value is -0.790. The van der Waals surface area contributed by atoms with Gasteiger partial charge in [-0.2, -0.15) is 0 Å². The first kappa shape index (κ1) is 11.2. The standard InChI is InChI=1S/C10H18O2/c1-5-12-10(11)7-6-9(4)8(2)3/h8H,4-7H2,1-3H3. The number of carbonyl (C=O) groups excluding carboxylic acids is 1. The number of allylic oxidation sites excluding steroid dienone is 1. The molecule has 0 saturated carbocycles. The third kappa shape index (κ3) is 4.94. The molecule has 2 heteroatoms. The number of hydrogen-bond acceptors (Lipinski definition) is 2. The molecular weight excluding hydrogens is 152 g/mol. The van der Waals surface area contributed by atoms with Crippen molar-refractivity contribution in [3.63, 3.8) is 0 Å². The molecule has 0 saturated heterocycles. The molecule has 0 heterocycles.